The summed E-state index contributed by atoms with van der Waals surface area (Å²) in [6.07, 6.45) is 1.73. The molecule has 0 spiro atoms. The molecule has 1 atom stereocenters. The molecule has 2 aromatic rings. The van der Waals surface area contributed by atoms with Gasteiger partial charge in [-0.05, 0) is 25.0 Å². The number of benzene rings is 1. The molecule has 1 aromatic heterocycles. The van der Waals surface area contributed by atoms with Gasteiger partial charge < -0.3 is 24.6 Å². The zero-order valence-electron chi connectivity index (χ0n) is 19.3. The molecule has 1 N–H and O–H groups in total. The Morgan fingerprint density at radius 3 is 2.69 bits per heavy atom. The lowest BCUT2D eigenvalue weighted by atomic mass is 9.96. The quantitative estimate of drug-likeness (QED) is 0.705. The monoisotopic (exact) mass is 441 g/mol. The van der Waals surface area contributed by atoms with E-state index in [1.807, 2.05) is 11.0 Å². The molecule has 1 saturated heterocycles. The average molecular weight is 442 g/mol. The van der Waals surface area contributed by atoms with Gasteiger partial charge in [-0.3, -0.25) is 9.59 Å². The number of amides is 2. The van der Waals surface area contributed by atoms with E-state index >= 15 is 0 Å². The van der Waals surface area contributed by atoms with Crippen molar-refractivity contribution in [3.05, 3.63) is 41.3 Å². The topological polar surface area (TPSA) is 96.9 Å². The fraction of sp³-hybridized carbons (Fsp3) is 0.478. The van der Waals surface area contributed by atoms with Crippen molar-refractivity contribution in [3.63, 3.8) is 0 Å². The van der Waals surface area contributed by atoms with Crippen molar-refractivity contribution < 1.29 is 19.1 Å². The smallest absolute Gasteiger partial charge is 0.257 e. The van der Waals surface area contributed by atoms with Crippen molar-refractivity contribution >= 4 is 17.6 Å². The molecule has 1 fully saturated rings. The number of nitrogens with zero attached hydrogens (tertiary/aromatic N) is 4. The van der Waals surface area contributed by atoms with Gasteiger partial charge in [-0.2, -0.15) is 0 Å². The number of carbonyl (C=O) groups is 2. The summed E-state index contributed by atoms with van der Waals surface area (Å²) in [5, 5.41) is 3.07. The number of hydrogen-bond acceptors (Lipinski definition) is 7. The third-order valence-electron chi connectivity index (χ3n) is 5.70. The van der Waals surface area contributed by atoms with Crippen LogP contribution in [-0.2, 0) is 11.3 Å². The lowest BCUT2D eigenvalue weighted by Crippen LogP contribution is -2.39. The molecule has 2 amide bonds. The zero-order chi connectivity index (χ0) is 23.3. The van der Waals surface area contributed by atoms with Crippen LogP contribution in [0.5, 0.6) is 11.5 Å². The Bertz CT molecular complexity index is 981. The first-order valence-electron chi connectivity index (χ1n) is 10.7. The number of aromatic nitrogens is 2. The summed E-state index contributed by atoms with van der Waals surface area (Å²) in [7, 11) is 6.63. The number of methoxy groups -OCH3 is 2. The van der Waals surface area contributed by atoms with Crippen LogP contribution in [-0.4, -0.2) is 73.0 Å². The van der Waals surface area contributed by atoms with Crippen LogP contribution in [0.15, 0.2) is 24.3 Å². The molecular weight excluding hydrogens is 410 g/mol. The maximum atomic E-state index is 13.3. The van der Waals surface area contributed by atoms with E-state index in [1.54, 1.807) is 44.3 Å². The molecule has 0 bridgehead atoms. The minimum Gasteiger partial charge on any atom is -0.493 e. The average Bonchev–Trinajstić information content (AvgIpc) is 2.82. The van der Waals surface area contributed by atoms with Crippen LogP contribution in [0.25, 0.3) is 0 Å². The minimum atomic E-state index is -0.105. The van der Waals surface area contributed by atoms with Crippen LogP contribution in [0.1, 0.15) is 47.6 Å². The summed E-state index contributed by atoms with van der Waals surface area (Å²) in [5.41, 5.74) is 1.23. The van der Waals surface area contributed by atoms with E-state index in [-0.39, 0.29) is 17.7 Å². The Balaban J connectivity index is 1.84. The van der Waals surface area contributed by atoms with Crippen molar-refractivity contribution in [1.82, 2.24) is 19.8 Å². The van der Waals surface area contributed by atoms with Gasteiger partial charge in [0, 0.05) is 46.1 Å². The number of likely N-dealkylation sites (tertiary alicyclic amines) is 1. The second-order valence-corrected chi connectivity index (χ2v) is 7.86. The Morgan fingerprint density at radius 2 is 2.03 bits per heavy atom. The Morgan fingerprint density at radius 1 is 1.25 bits per heavy atom. The molecule has 0 aliphatic carbocycles. The van der Waals surface area contributed by atoms with Gasteiger partial charge in [0.1, 0.15) is 11.6 Å². The molecule has 1 unspecified atom stereocenters. The highest BCUT2D eigenvalue weighted by Crippen LogP contribution is 2.33. The summed E-state index contributed by atoms with van der Waals surface area (Å²) >= 11 is 0. The Hall–Kier alpha value is -3.36. The third kappa shape index (κ3) is 5.09. The van der Waals surface area contributed by atoms with E-state index in [2.05, 4.69) is 10.3 Å². The first-order valence-corrected chi connectivity index (χ1v) is 10.7. The van der Waals surface area contributed by atoms with Crippen molar-refractivity contribution in [1.29, 1.82) is 0 Å². The van der Waals surface area contributed by atoms with E-state index in [9.17, 15) is 9.59 Å². The second kappa shape index (κ2) is 10.3. The van der Waals surface area contributed by atoms with Crippen molar-refractivity contribution in [2.75, 3.05) is 46.7 Å². The molecule has 1 aliphatic heterocycles. The molecule has 1 aromatic carbocycles. The number of nitrogens with one attached hydrogen (secondary N) is 1. The summed E-state index contributed by atoms with van der Waals surface area (Å²) < 4.78 is 10.8. The first-order chi connectivity index (χ1) is 15.4. The number of para-hydroxylation sites is 1. The summed E-state index contributed by atoms with van der Waals surface area (Å²) in [4.78, 5) is 37.8. The van der Waals surface area contributed by atoms with E-state index < -0.39 is 0 Å². The molecule has 32 heavy (non-hydrogen) atoms. The van der Waals surface area contributed by atoms with Crippen LogP contribution >= 0.6 is 0 Å². The standard InChI is InChI=1S/C23H31N5O4/c1-15(29)27(3)14-17-12-20(24-2)26-22(25-17)16-8-7-11-28(13-16)23(30)18-9-6-10-19(31-4)21(18)32-5/h6,9-10,12,16H,7-8,11,13-14H2,1-5H3,(H,24,25,26). The largest absolute Gasteiger partial charge is 0.493 e. The highest BCUT2D eigenvalue weighted by atomic mass is 16.5. The zero-order valence-corrected chi connectivity index (χ0v) is 19.3. The van der Waals surface area contributed by atoms with Crippen LogP contribution < -0.4 is 14.8 Å². The number of ether oxygens (including phenoxy) is 2. The number of hydrogen-bond donors (Lipinski definition) is 1. The SMILES string of the molecule is CNc1cc(CN(C)C(C)=O)nc(C2CCCN(C(=O)c3cccc(OC)c3OC)C2)n1. The van der Waals surface area contributed by atoms with Gasteiger partial charge in [-0.1, -0.05) is 6.07 Å². The predicted octanol–water partition coefficient (Wildman–Crippen LogP) is 2.53. The summed E-state index contributed by atoms with van der Waals surface area (Å²) in [5.74, 6) is 2.20. The van der Waals surface area contributed by atoms with E-state index in [1.165, 1.54) is 14.0 Å². The number of anilines is 1. The normalized spacial score (nSPS) is 15.8. The van der Waals surface area contributed by atoms with Gasteiger partial charge in [-0.15, -0.1) is 0 Å². The molecule has 2 heterocycles. The molecule has 172 valence electrons. The lowest BCUT2D eigenvalue weighted by molar-refractivity contribution is -0.128. The van der Waals surface area contributed by atoms with Gasteiger partial charge >= 0.3 is 0 Å². The predicted molar refractivity (Wildman–Crippen MR) is 121 cm³/mol. The number of carbonyl (C=O) groups excluding carboxylic acids is 2. The van der Waals surface area contributed by atoms with Crippen LogP contribution in [0.2, 0.25) is 0 Å². The van der Waals surface area contributed by atoms with Gasteiger partial charge in [0.25, 0.3) is 5.91 Å². The summed E-state index contributed by atoms with van der Waals surface area (Å²) in [6.45, 7) is 3.09. The molecule has 9 heteroatoms. The molecule has 1 aliphatic rings. The third-order valence-corrected chi connectivity index (χ3v) is 5.70. The fourth-order valence-corrected chi connectivity index (χ4v) is 3.86. The Labute approximate surface area is 188 Å². The lowest BCUT2D eigenvalue weighted by Gasteiger charge is -2.32. The highest BCUT2D eigenvalue weighted by molar-refractivity contribution is 5.98. The van der Waals surface area contributed by atoms with Gasteiger partial charge in [0.05, 0.1) is 32.0 Å². The number of rotatable bonds is 7. The van der Waals surface area contributed by atoms with Crippen LogP contribution in [0.3, 0.4) is 0 Å². The maximum Gasteiger partial charge on any atom is 0.257 e. The number of piperidine rings is 1. The second-order valence-electron chi connectivity index (χ2n) is 7.86. The van der Waals surface area contributed by atoms with E-state index in [0.29, 0.717) is 48.3 Å². The molecule has 0 radical (unpaired) electrons. The van der Waals surface area contributed by atoms with Gasteiger partial charge in [-0.25, -0.2) is 9.97 Å². The van der Waals surface area contributed by atoms with Crippen molar-refractivity contribution in [2.24, 2.45) is 0 Å². The highest BCUT2D eigenvalue weighted by Gasteiger charge is 2.30. The van der Waals surface area contributed by atoms with Gasteiger partial charge in [0.15, 0.2) is 11.5 Å². The maximum absolute atomic E-state index is 13.3. The minimum absolute atomic E-state index is 0.000938. The first kappa shape index (κ1) is 23.3. The fourth-order valence-electron chi connectivity index (χ4n) is 3.86. The summed E-state index contributed by atoms with van der Waals surface area (Å²) in [6, 6.07) is 7.15. The van der Waals surface area contributed by atoms with Crippen molar-refractivity contribution in [2.45, 2.75) is 32.2 Å². The molecule has 9 nitrogen and oxygen atoms in total. The van der Waals surface area contributed by atoms with Crippen molar-refractivity contribution in [3.8, 4) is 11.5 Å². The van der Waals surface area contributed by atoms with E-state index in [0.717, 1.165) is 18.5 Å². The van der Waals surface area contributed by atoms with Gasteiger partial charge in [0.2, 0.25) is 5.91 Å². The molecule has 3 rings (SSSR count). The van der Waals surface area contributed by atoms with Crippen LogP contribution in [0.4, 0.5) is 5.82 Å². The van der Waals surface area contributed by atoms with E-state index in [4.69, 9.17) is 14.5 Å². The molecule has 0 saturated carbocycles. The van der Waals surface area contributed by atoms with Crippen LogP contribution in [0, 0.1) is 0 Å². The molecular formula is C23H31N5O4. The Kier molecular flexibility index (Phi) is 7.50.